The smallest absolute Gasteiger partial charge is 0.419 e. The summed E-state index contributed by atoms with van der Waals surface area (Å²) in [7, 11) is 0. The van der Waals surface area contributed by atoms with E-state index in [4.69, 9.17) is 4.74 Å². The fraction of sp³-hybridized carbons (Fsp3) is 0.542. The third-order valence-electron chi connectivity index (χ3n) is 6.01. The molecule has 1 aromatic heterocycles. The number of aromatic nitrogens is 1. The Labute approximate surface area is 178 Å². The molecule has 0 saturated carbocycles. The fourth-order valence-corrected chi connectivity index (χ4v) is 4.35. The molecule has 1 aliphatic heterocycles. The van der Waals surface area contributed by atoms with Crippen molar-refractivity contribution in [2.75, 3.05) is 13.1 Å². The maximum atomic E-state index is 13.1. The molecule has 0 spiro atoms. The van der Waals surface area contributed by atoms with Crippen LogP contribution in [0.2, 0.25) is 0 Å². The minimum atomic E-state index is -0.578. The van der Waals surface area contributed by atoms with E-state index in [1.54, 1.807) is 4.57 Å². The molecule has 1 aromatic carbocycles. The summed E-state index contributed by atoms with van der Waals surface area (Å²) in [4.78, 5) is 38.8. The van der Waals surface area contributed by atoms with Crippen LogP contribution in [0.15, 0.2) is 30.5 Å². The van der Waals surface area contributed by atoms with Crippen LogP contribution in [0, 0.1) is 5.41 Å². The maximum Gasteiger partial charge on any atom is 0.419 e. The standard InChI is InChI=1S/C24H32N2O4/c1-5-24(13-16-27)12-8-14-25(21(24)28)15-11-18-17-26(22(29)30-23(2,3)4)20-10-7-6-9-19(18)20/h6-7,9-10,16-17H,5,8,11-15H2,1-4H3/t24-/m1/s1. The van der Waals surface area contributed by atoms with Crippen molar-refractivity contribution in [3.63, 3.8) is 0 Å². The van der Waals surface area contributed by atoms with Gasteiger partial charge in [-0.3, -0.25) is 9.36 Å². The van der Waals surface area contributed by atoms with E-state index in [0.717, 1.165) is 35.6 Å². The Morgan fingerprint density at radius 3 is 2.67 bits per heavy atom. The van der Waals surface area contributed by atoms with Crippen molar-refractivity contribution in [1.82, 2.24) is 9.47 Å². The van der Waals surface area contributed by atoms with Crippen LogP contribution in [0.5, 0.6) is 0 Å². The molecule has 1 fully saturated rings. The van der Waals surface area contributed by atoms with Gasteiger partial charge in [0.05, 0.1) is 10.9 Å². The van der Waals surface area contributed by atoms with E-state index in [0.29, 0.717) is 25.9 Å². The Morgan fingerprint density at radius 2 is 2.00 bits per heavy atom. The molecule has 30 heavy (non-hydrogen) atoms. The van der Waals surface area contributed by atoms with Gasteiger partial charge in [0.2, 0.25) is 5.91 Å². The highest BCUT2D eigenvalue weighted by Gasteiger charge is 2.41. The topological polar surface area (TPSA) is 68.6 Å². The molecule has 1 amide bonds. The van der Waals surface area contributed by atoms with E-state index in [9.17, 15) is 14.4 Å². The number of carbonyl (C=O) groups is 3. The molecule has 0 N–H and O–H groups in total. The van der Waals surface area contributed by atoms with Crippen LogP contribution >= 0.6 is 0 Å². The summed E-state index contributed by atoms with van der Waals surface area (Å²) in [6.45, 7) is 8.81. The molecular weight excluding hydrogens is 380 g/mol. The lowest BCUT2D eigenvalue weighted by Crippen LogP contribution is -2.49. The predicted octanol–water partition coefficient (Wildman–Crippen LogP) is 4.57. The summed E-state index contributed by atoms with van der Waals surface area (Å²) >= 11 is 0. The number of rotatable bonds is 6. The van der Waals surface area contributed by atoms with E-state index in [2.05, 4.69) is 0 Å². The Balaban J connectivity index is 1.82. The summed E-state index contributed by atoms with van der Waals surface area (Å²) in [6, 6.07) is 7.74. The number of aldehydes is 1. The molecule has 0 aliphatic carbocycles. The molecule has 0 unspecified atom stereocenters. The third kappa shape index (κ3) is 4.42. The van der Waals surface area contributed by atoms with Gasteiger partial charge < -0.3 is 14.4 Å². The molecular formula is C24H32N2O4. The molecule has 1 atom stereocenters. The van der Waals surface area contributed by atoms with Crippen molar-refractivity contribution in [2.24, 2.45) is 5.41 Å². The first-order chi connectivity index (χ1) is 14.2. The van der Waals surface area contributed by atoms with Crippen molar-refractivity contribution < 1.29 is 19.1 Å². The predicted molar refractivity (Wildman–Crippen MR) is 116 cm³/mol. The minimum Gasteiger partial charge on any atom is -0.443 e. The summed E-state index contributed by atoms with van der Waals surface area (Å²) in [5.74, 6) is 0.0826. The number of nitrogens with zero attached hydrogens (tertiary/aromatic N) is 2. The van der Waals surface area contributed by atoms with E-state index in [1.807, 2.05) is 63.1 Å². The zero-order valence-electron chi connectivity index (χ0n) is 18.4. The van der Waals surface area contributed by atoms with Gasteiger partial charge >= 0.3 is 6.09 Å². The number of piperidine rings is 1. The van der Waals surface area contributed by atoms with Gasteiger partial charge in [-0.25, -0.2) is 4.79 Å². The van der Waals surface area contributed by atoms with E-state index in [1.165, 1.54) is 0 Å². The largest absolute Gasteiger partial charge is 0.443 e. The third-order valence-corrected chi connectivity index (χ3v) is 6.01. The summed E-state index contributed by atoms with van der Waals surface area (Å²) in [5, 5.41) is 0.988. The molecule has 2 heterocycles. The Hall–Kier alpha value is -2.63. The SMILES string of the molecule is CC[C@]1(CC=O)CCCN(CCc2cn(C(=O)OC(C)(C)C)c3ccccc23)C1=O. The first kappa shape index (κ1) is 22.1. The molecule has 1 saturated heterocycles. The van der Waals surface area contributed by atoms with Gasteiger partial charge in [-0.05, 0) is 58.1 Å². The first-order valence-electron chi connectivity index (χ1n) is 10.8. The van der Waals surface area contributed by atoms with Crippen molar-refractivity contribution in [3.8, 4) is 0 Å². The van der Waals surface area contributed by atoms with Gasteiger partial charge in [-0.2, -0.15) is 0 Å². The summed E-state index contributed by atoms with van der Waals surface area (Å²) in [6.07, 6.45) is 5.59. The van der Waals surface area contributed by atoms with Gasteiger partial charge in [0.25, 0.3) is 0 Å². The number of likely N-dealkylation sites (tertiary alicyclic amines) is 1. The monoisotopic (exact) mass is 412 g/mol. The highest BCUT2D eigenvalue weighted by atomic mass is 16.6. The van der Waals surface area contributed by atoms with Crippen LogP contribution in [-0.4, -0.2) is 46.4 Å². The van der Waals surface area contributed by atoms with Crippen LogP contribution in [0.4, 0.5) is 4.79 Å². The molecule has 0 bridgehead atoms. The van der Waals surface area contributed by atoms with Gasteiger partial charge in [0.1, 0.15) is 11.9 Å². The van der Waals surface area contributed by atoms with E-state index < -0.39 is 17.1 Å². The first-order valence-corrected chi connectivity index (χ1v) is 10.8. The maximum absolute atomic E-state index is 13.1. The normalized spacial score (nSPS) is 19.9. The quantitative estimate of drug-likeness (QED) is 0.652. The summed E-state index contributed by atoms with van der Waals surface area (Å²) in [5.41, 5.74) is 0.679. The number of hydrogen-bond donors (Lipinski definition) is 0. The summed E-state index contributed by atoms with van der Waals surface area (Å²) < 4.78 is 7.10. The molecule has 1 aliphatic rings. The van der Waals surface area contributed by atoms with Crippen LogP contribution in [0.3, 0.4) is 0 Å². The van der Waals surface area contributed by atoms with Crippen LogP contribution < -0.4 is 0 Å². The molecule has 0 radical (unpaired) electrons. The van der Waals surface area contributed by atoms with E-state index in [-0.39, 0.29) is 12.3 Å². The lowest BCUT2D eigenvalue weighted by molar-refractivity contribution is -0.148. The van der Waals surface area contributed by atoms with Gasteiger partial charge in [0, 0.05) is 31.1 Å². The van der Waals surface area contributed by atoms with Crippen molar-refractivity contribution in [3.05, 3.63) is 36.0 Å². The minimum absolute atomic E-state index is 0.0826. The number of amides is 1. The number of carbonyl (C=O) groups excluding carboxylic acids is 3. The Kier molecular flexibility index (Phi) is 6.34. The van der Waals surface area contributed by atoms with Crippen LogP contribution in [-0.2, 0) is 20.7 Å². The average molecular weight is 413 g/mol. The highest BCUT2D eigenvalue weighted by molar-refractivity contribution is 5.92. The molecule has 6 nitrogen and oxygen atoms in total. The van der Waals surface area contributed by atoms with Gasteiger partial charge in [-0.1, -0.05) is 25.1 Å². The van der Waals surface area contributed by atoms with Crippen molar-refractivity contribution in [2.45, 2.75) is 65.4 Å². The van der Waals surface area contributed by atoms with Crippen LogP contribution in [0.25, 0.3) is 10.9 Å². The second-order valence-corrected chi connectivity index (χ2v) is 9.17. The average Bonchev–Trinajstić information content (AvgIpc) is 3.07. The second-order valence-electron chi connectivity index (χ2n) is 9.17. The Morgan fingerprint density at radius 1 is 1.27 bits per heavy atom. The van der Waals surface area contributed by atoms with Crippen molar-refractivity contribution in [1.29, 1.82) is 0 Å². The second kappa shape index (κ2) is 8.62. The fourth-order valence-electron chi connectivity index (χ4n) is 4.35. The van der Waals surface area contributed by atoms with Gasteiger partial charge in [-0.15, -0.1) is 0 Å². The molecule has 3 rings (SSSR count). The Bertz CT molecular complexity index is 940. The number of hydrogen-bond acceptors (Lipinski definition) is 4. The zero-order valence-corrected chi connectivity index (χ0v) is 18.4. The highest BCUT2D eigenvalue weighted by Crippen LogP contribution is 2.37. The lowest BCUT2D eigenvalue weighted by atomic mass is 9.74. The number of fused-ring (bicyclic) bond motifs is 1. The number of ether oxygens (including phenoxy) is 1. The van der Waals surface area contributed by atoms with Crippen LogP contribution in [0.1, 0.15) is 58.9 Å². The molecule has 2 aromatic rings. The number of benzene rings is 1. The van der Waals surface area contributed by atoms with Crippen molar-refractivity contribution >= 4 is 29.2 Å². The lowest BCUT2D eigenvalue weighted by Gasteiger charge is -2.40. The van der Waals surface area contributed by atoms with Gasteiger partial charge in [0.15, 0.2) is 0 Å². The molecule has 162 valence electrons. The zero-order chi connectivity index (χ0) is 21.9. The number of para-hydroxylation sites is 1. The van der Waals surface area contributed by atoms with E-state index >= 15 is 0 Å². The molecule has 6 heteroatoms.